The summed E-state index contributed by atoms with van der Waals surface area (Å²) in [6, 6.07) is 3.99. The van der Waals surface area contributed by atoms with Crippen LogP contribution in [-0.2, 0) is 11.3 Å². The molecule has 1 atom stereocenters. The summed E-state index contributed by atoms with van der Waals surface area (Å²) >= 11 is 0. The van der Waals surface area contributed by atoms with Gasteiger partial charge in [0.15, 0.2) is 0 Å². The Kier molecular flexibility index (Phi) is 2.53. The number of nitrogens with one attached hydrogen (secondary N) is 2. The molecule has 7 nitrogen and oxygen atoms in total. The number of aromatic nitrogens is 5. The number of benzene rings is 1. The van der Waals surface area contributed by atoms with E-state index < -0.39 is 0 Å². The number of rotatable bonds is 2. The SMILES string of the molecule is CCn1ncnc1[C@@H]1CC(=O)Nc2cc3[nH]ncc3cc21. The number of fused-ring (bicyclic) bond motifs is 2. The van der Waals surface area contributed by atoms with E-state index in [0.717, 1.165) is 34.5 Å². The number of aromatic amines is 1. The first-order valence-electron chi connectivity index (χ1n) is 6.91. The summed E-state index contributed by atoms with van der Waals surface area (Å²) in [4.78, 5) is 16.4. The van der Waals surface area contributed by atoms with E-state index >= 15 is 0 Å². The first-order valence-corrected chi connectivity index (χ1v) is 6.91. The molecule has 2 aromatic heterocycles. The lowest BCUT2D eigenvalue weighted by Crippen LogP contribution is -2.25. The van der Waals surface area contributed by atoms with Crippen LogP contribution in [0.2, 0.25) is 0 Å². The van der Waals surface area contributed by atoms with Gasteiger partial charge in [-0.25, -0.2) is 9.67 Å². The summed E-state index contributed by atoms with van der Waals surface area (Å²) in [6.07, 6.45) is 3.71. The zero-order valence-corrected chi connectivity index (χ0v) is 11.5. The summed E-state index contributed by atoms with van der Waals surface area (Å²) in [6.45, 7) is 2.75. The highest BCUT2D eigenvalue weighted by Crippen LogP contribution is 2.38. The molecule has 21 heavy (non-hydrogen) atoms. The van der Waals surface area contributed by atoms with Crippen molar-refractivity contribution >= 4 is 22.5 Å². The Bertz CT molecular complexity index is 833. The second kappa shape index (κ2) is 4.41. The van der Waals surface area contributed by atoms with Gasteiger partial charge in [-0.15, -0.1) is 0 Å². The number of aryl methyl sites for hydroxylation is 1. The molecule has 106 valence electrons. The minimum Gasteiger partial charge on any atom is -0.326 e. The number of amides is 1. The lowest BCUT2D eigenvalue weighted by Gasteiger charge is -2.25. The number of nitrogens with zero attached hydrogens (tertiary/aromatic N) is 4. The van der Waals surface area contributed by atoms with Crippen molar-refractivity contribution in [1.29, 1.82) is 0 Å². The topological polar surface area (TPSA) is 88.5 Å². The van der Waals surface area contributed by atoms with E-state index in [-0.39, 0.29) is 11.8 Å². The molecule has 0 saturated heterocycles. The van der Waals surface area contributed by atoms with E-state index in [1.807, 2.05) is 17.7 Å². The maximum absolute atomic E-state index is 12.0. The van der Waals surface area contributed by atoms with Crippen molar-refractivity contribution in [3.05, 3.63) is 36.0 Å². The number of carbonyl (C=O) groups excluding carboxylic acids is 1. The molecule has 0 unspecified atom stereocenters. The van der Waals surface area contributed by atoms with Crippen LogP contribution in [0.15, 0.2) is 24.7 Å². The van der Waals surface area contributed by atoms with Gasteiger partial charge in [-0.1, -0.05) is 0 Å². The molecule has 0 aliphatic carbocycles. The number of hydrogen-bond donors (Lipinski definition) is 2. The van der Waals surface area contributed by atoms with Crippen LogP contribution in [0.1, 0.15) is 30.7 Å². The fraction of sp³-hybridized carbons (Fsp3) is 0.286. The van der Waals surface area contributed by atoms with Crippen LogP contribution in [0.5, 0.6) is 0 Å². The fourth-order valence-corrected chi connectivity index (χ4v) is 2.92. The summed E-state index contributed by atoms with van der Waals surface area (Å²) in [5.74, 6) is 0.754. The fourth-order valence-electron chi connectivity index (χ4n) is 2.92. The van der Waals surface area contributed by atoms with Crippen molar-refractivity contribution in [2.45, 2.75) is 25.8 Å². The lowest BCUT2D eigenvalue weighted by atomic mass is 9.89. The lowest BCUT2D eigenvalue weighted by molar-refractivity contribution is -0.116. The van der Waals surface area contributed by atoms with Crippen LogP contribution >= 0.6 is 0 Å². The molecule has 7 heteroatoms. The third-order valence-electron chi connectivity index (χ3n) is 3.91. The van der Waals surface area contributed by atoms with Gasteiger partial charge in [0.2, 0.25) is 5.91 Å². The Hall–Kier alpha value is -2.70. The quantitative estimate of drug-likeness (QED) is 0.748. The first-order chi connectivity index (χ1) is 10.3. The van der Waals surface area contributed by atoms with E-state index in [1.54, 1.807) is 12.5 Å². The third kappa shape index (κ3) is 1.81. The van der Waals surface area contributed by atoms with Crippen LogP contribution < -0.4 is 5.32 Å². The van der Waals surface area contributed by atoms with Gasteiger partial charge in [-0.2, -0.15) is 10.2 Å². The Balaban J connectivity index is 1.92. The van der Waals surface area contributed by atoms with Crippen molar-refractivity contribution in [3.8, 4) is 0 Å². The van der Waals surface area contributed by atoms with E-state index in [2.05, 4.69) is 31.7 Å². The molecule has 0 spiro atoms. The Morgan fingerprint density at radius 1 is 1.43 bits per heavy atom. The van der Waals surface area contributed by atoms with Gasteiger partial charge in [0, 0.05) is 24.0 Å². The second-order valence-electron chi connectivity index (χ2n) is 5.14. The Labute approximate surface area is 120 Å². The maximum atomic E-state index is 12.0. The van der Waals surface area contributed by atoms with Gasteiger partial charge in [0.25, 0.3) is 0 Å². The van der Waals surface area contributed by atoms with E-state index in [1.165, 1.54) is 0 Å². The Morgan fingerprint density at radius 3 is 3.19 bits per heavy atom. The highest BCUT2D eigenvalue weighted by atomic mass is 16.1. The van der Waals surface area contributed by atoms with Crippen LogP contribution in [0.4, 0.5) is 5.69 Å². The highest BCUT2D eigenvalue weighted by Gasteiger charge is 2.30. The zero-order valence-electron chi connectivity index (χ0n) is 11.5. The number of anilines is 1. The van der Waals surface area contributed by atoms with Crippen molar-refractivity contribution in [1.82, 2.24) is 25.0 Å². The maximum Gasteiger partial charge on any atom is 0.225 e. The summed E-state index contributed by atoms with van der Waals surface area (Å²) in [5, 5.41) is 15.1. The zero-order chi connectivity index (χ0) is 14.4. The third-order valence-corrected chi connectivity index (χ3v) is 3.91. The van der Waals surface area contributed by atoms with Crippen LogP contribution in [0, 0.1) is 0 Å². The van der Waals surface area contributed by atoms with Gasteiger partial charge in [0.1, 0.15) is 12.2 Å². The van der Waals surface area contributed by atoms with Gasteiger partial charge in [-0.05, 0) is 24.6 Å². The predicted octanol–water partition coefficient (Wildman–Crippen LogP) is 1.65. The number of H-pyrrole nitrogens is 1. The molecule has 0 saturated carbocycles. The van der Waals surface area contributed by atoms with Crippen molar-refractivity contribution in [2.24, 2.45) is 0 Å². The largest absolute Gasteiger partial charge is 0.326 e. The monoisotopic (exact) mass is 282 g/mol. The normalized spacial score (nSPS) is 17.8. The highest BCUT2D eigenvalue weighted by molar-refractivity contribution is 5.98. The first kappa shape index (κ1) is 12.1. The van der Waals surface area contributed by atoms with Crippen molar-refractivity contribution in [3.63, 3.8) is 0 Å². The van der Waals surface area contributed by atoms with E-state index in [4.69, 9.17) is 0 Å². The predicted molar refractivity (Wildman–Crippen MR) is 76.9 cm³/mol. The van der Waals surface area contributed by atoms with Crippen LogP contribution in [0.25, 0.3) is 10.9 Å². The van der Waals surface area contributed by atoms with Crippen LogP contribution in [-0.4, -0.2) is 30.9 Å². The van der Waals surface area contributed by atoms with E-state index in [0.29, 0.717) is 6.42 Å². The molecule has 0 radical (unpaired) electrons. The molecule has 1 aliphatic heterocycles. The molecule has 0 bridgehead atoms. The summed E-state index contributed by atoms with van der Waals surface area (Å²) in [7, 11) is 0. The molecule has 1 aliphatic rings. The molecule has 3 aromatic rings. The number of carbonyl (C=O) groups is 1. The second-order valence-corrected chi connectivity index (χ2v) is 5.14. The minimum atomic E-state index is -0.0736. The van der Waals surface area contributed by atoms with Gasteiger partial charge in [-0.3, -0.25) is 9.89 Å². The number of hydrogen-bond acceptors (Lipinski definition) is 4. The van der Waals surface area contributed by atoms with Gasteiger partial charge in [0.05, 0.1) is 17.6 Å². The molecule has 3 heterocycles. The molecular weight excluding hydrogens is 268 g/mol. The molecule has 4 rings (SSSR count). The molecule has 1 aromatic carbocycles. The summed E-state index contributed by atoms with van der Waals surface area (Å²) in [5.41, 5.74) is 2.79. The molecule has 0 fully saturated rings. The molecule has 1 amide bonds. The standard InChI is InChI=1S/C14H14N6O/c1-2-20-14(15-7-17-20)10-4-13(21)18-12-5-11-8(3-9(10)12)6-16-19-11/h3,5-7,10H,2,4H2,1H3,(H,16,19)(H,18,21)/t10-/m1/s1. The average molecular weight is 282 g/mol. The van der Waals surface area contributed by atoms with Crippen molar-refractivity contribution < 1.29 is 4.79 Å². The van der Waals surface area contributed by atoms with Crippen molar-refractivity contribution in [2.75, 3.05) is 5.32 Å². The summed E-state index contributed by atoms with van der Waals surface area (Å²) < 4.78 is 1.84. The van der Waals surface area contributed by atoms with E-state index in [9.17, 15) is 4.79 Å². The average Bonchev–Trinajstić information content (AvgIpc) is 3.12. The Morgan fingerprint density at radius 2 is 2.33 bits per heavy atom. The van der Waals surface area contributed by atoms with Crippen LogP contribution in [0.3, 0.4) is 0 Å². The van der Waals surface area contributed by atoms with Gasteiger partial charge < -0.3 is 5.32 Å². The molecule has 2 N–H and O–H groups in total. The smallest absolute Gasteiger partial charge is 0.225 e. The minimum absolute atomic E-state index is 0.00276. The van der Waals surface area contributed by atoms with Gasteiger partial charge >= 0.3 is 0 Å². The molecular formula is C14H14N6O.